The molecule has 1 N–H and O–H groups in total. The van der Waals surface area contributed by atoms with Crippen molar-refractivity contribution >= 4 is 34.7 Å². The second-order valence-corrected chi connectivity index (χ2v) is 7.51. The molecule has 1 aromatic heterocycles. The van der Waals surface area contributed by atoms with Crippen molar-refractivity contribution in [1.29, 1.82) is 0 Å². The van der Waals surface area contributed by atoms with Crippen LogP contribution >= 0.6 is 11.3 Å². The van der Waals surface area contributed by atoms with Crippen LogP contribution in [0, 0.1) is 10.1 Å². The average molecular weight is 427 g/mol. The molecule has 31 heavy (non-hydrogen) atoms. The second-order valence-electron chi connectivity index (χ2n) is 6.66. The Bertz CT molecular complexity index is 1250. The summed E-state index contributed by atoms with van der Waals surface area (Å²) in [5.41, 5.74) is 4.14. The van der Waals surface area contributed by atoms with Crippen LogP contribution in [-0.4, -0.2) is 15.8 Å². The SMILES string of the molecule is O=C(/C=C/c1cccc([N+](=O)[O-])c1)Nc1ccc(-c2csc(-c3ccccc3)n2)cc1. The Hall–Kier alpha value is -4.10. The molecular weight excluding hydrogens is 410 g/mol. The molecule has 3 aromatic carbocycles. The zero-order valence-electron chi connectivity index (χ0n) is 16.3. The highest BCUT2D eigenvalue weighted by molar-refractivity contribution is 7.13. The van der Waals surface area contributed by atoms with E-state index in [-0.39, 0.29) is 11.6 Å². The molecule has 7 heteroatoms. The molecule has 0 aliphatic rings. The van der Waals surface area contributed by atoms with Gasteiger partial charge in [0.1, 0.15) is 5.01 Å². The molecule has 0 aliphatic heterocycles. The van der Waals surface area contributed by atoms with Crippen molar-refractivity contribution in [2.75, 3.05) is 5.32 Å². The highest BCUT2D eigenvalue weighted by Crippen LogP contribution is 2.29. The summed E-state index contributed by atoms with van der Waals surface area (Å²) in [7, 11) is 0. The van der Waals surface area contributed by atoms with Crippen molar-refractivity contribution in [3.8, 4) is 21.8 Å². The van der Waals surface area contributed by atoms with Crippen LogP contribution in [0.2, 0.25) is 0 Å². The predicted molar refractivity (Wildman–Crippen MR) is 124 cm³/mol. The fourth-order valence-corrected chi connectivity index (χ4v) is 3.78. The molecule has 0 saturated heterocycles. The van der Waals surface area contributed by atoms with Gasteiger partial charge in [-0.1, -0.05) is 54.6 Å². The molecule has 0 bridgehead atoms. The van der Waals surface area contributed by atoms with Crippen molar-refractivity contribution in [3.05, 3.63) is 106 Å². The van der Waals surface area contributed by atoms with Crippen molar-refractivity contribution in [1.82, 2.24) is 4.98 Å². The number of carbonyl (C=O) groups is 1. The molecule has 1 amide bonds. The summed E-state index contributed by atoms with van der Waals surface area (Å²) in [5.74, 6) is -0.320. The first-order valence-electron chi connectivity index (χ1n) is 9.43. The first-order valence-corrected chi connectivity index (χ1v) is 10.3. The summed E-state index contributed by atoms with van der Waals surface area (Å²) >= 11 is 1.59. The number of aromatic nitrogens is 1. The van der Waals surface area contributed by atoms with Gasteiger partial charge in [-0.25, -0.2) is 4.98 Å². The quantitative estimate of drug-likeness (QED) is 0.231. The maximum absolute atomic E-state index is 12.2. The van der Waals surface area contributed by atoms with E-state index in [9.17, 15) is 14.9 Å². The van der Waals surface area contributed by atoms with Gasteiger partial charge in [0.05, 0.1) is 10.6 Å². The normalized spacial score (nSPS) is 10.8. The number of benzene rings is 3. The molecule has 0 saturated carbocycles. The van der Waals surface area contributed by atoms with Gasteiger partial charge in [0.15, 0.2) is 0 Å². The Kier molecular flexibility index (Phi) is 5.96. The molecule has 0 unspecified atom stereocenters. The number of nitro benzene ring substituents is 1. The lowest BCUT2D eigenvalue weighted by atomic mass is 10.1. The monoisotopic (exact) mass is 427 g/mol. The summed E-state index contributed by atoms with van der Waals surface area (Å²) in [5, 5.41) is 16.6. The maximum Gasteiger partial charge on any atom is 0.270 e. The number of thiazole rings is 1. The molecule has 4 aromatic rings. The number of hydrogen-bond acceptors (Lipinski definition) is 5. The van der Waals surface area contributed by atoms with Crippen molar-refractivity contribution in [2.24, 2.45) is 0 Å². The maximum atomic E-state index is 12.2. The smallest absolute Gasteiger partial charge is 0.270 e. The van der Waals surface area contributed by atoms with E-state index in [2.05, 4.69) is 5.32 Å². The largest absolute Gasteiger partial charge is 0.323 e. The van der Waals surface area contributed by atoms with Crippen LogP contribution in [0.25, 0.3) is 27.9 Å². The van der Waals surface area contributed by atoms with E-state index in [4.69, 9.17) is 4.98 Å². The van der Waals surface area contributed by atoms with E-state index >= 15 is 0 Å². The van der Waals surface area contributed by atoms with E-state index in [0.717, 1.165) is 21.8 Å². The highest BCUT2D eigenvalue weighted by atomic mass is 32.1. The van der Waals surface area contributed by atoms with Gasteiger partial charge >= 0.3 is 0 Å². The second kappa shape index (κ2) is 9.15. The van der Waals surface area contributed by atoms with Gasteiger partial charge in [0.2, 0.25) is 5.91 Å². The van der Waals surface area contributed by atoms with E-state index < -0.39 is 4.92 Å². The molecule has 0 fully saturated rings. The summed E-state index contributed by atoms with van der Waals surface area (Å²) < 4.78 is 0. The molecule has 0 spiro atoms. The van der Waals surface area contributed by atoms with Gasteiger partial charge < -0.3 is 5.32 Å². The first-order chi connectivity index (χ1) is 15.1. The summed E-state index contributed by atoms with van der Waals surface area (Å²) in [4.78, 5) is 27.2. The summed E-state index contributed by atoms with van der Waals surface area (Å²) in [6.07, 6.45) is 2.89. The minimum atomic E-state index is -0.468. The van der Waals surface area contributed by atoms with Gasteiger partial charge in [-0.2, -0.15) is 0 Å². The molecule has 1 heterocycles. The minimum Gasteiger partial charge on any atom is -0.323 e. The molecule has 6 nitrogen and oxygen atoms in total. The van der Waals surface area contributed by atoms with Crippen molar-refractivity contribution < 1.29 is 9.72 Å². The molecule has 4 rings (SSSR count). The van der Waals surface area contributed by atoms with Gasteiger partial charge in [-0.15, -0.1) is 11.3 Å². The number of carbonyl (C=O) groups excluding carboxylic acids is 1. The zero-order chi connectivity index (χ0) is 21.6. The Morgan fingerprint density at radius 2 is 1.74 bits per heavy atom. The fourth-order valence-electron chi connectivity index (χ4n) is 2.94. The van der Waals surface area contributed by atoms with Crippen LogP contribution in [0.15, 0.2) is 90.3 Å². The average Bonchev–Trinajstić information content (AvgIpc) is 3.29. The Morgan fingerprint density at radius 1 is 0.968 bits per heavy atom. The third kappa shape index (κ3) is 5.09. The number of anilines is 1. The molecule has 152 valence electrons. The van der Waals surface area contributed by atoms with Gasteiger partial charge in [0, 0.05) is 40.4 Å². The lowest BCUT2D eigenvalue weighted by Gasteiger charge is -2.03. The van der Waals surface area contributed by atoms with E-state index in [1.807, 2.05) is 60.0 Å². The minimum absolute atomic E-state index is 0.0180. The lowest BCUT2D eigenvalue weighted by Crippen LogP contribution is -2.07. The number of nitro groups is 1. The van der Waals surface area contributed by atoms with Gasteiger partial charge in [0.25, 0.3) is 5.69 Å². The fraction of sp³-hybridized carbons (Fsp3) is 0. The molecule has 0 aliphatic carbocycles. The predicted octanol–water partition coefficient (Wildman–Crippen LogP) is 6.04. The first kappa shape index (κ1) is 20.2. The molecule has 0 radical (unpaired) electrons. The number of rotatable bonds is 6. The number of amides is 1. The van der Waals surface area contributed by atoms with E-state index in [1.54, 1.807) is 23.5 Å². The van der Waals surface area contributed by atoms with Crippen LogP contribution in [0.5, 0.6) is 0 Å². The zero-order valence-corrected chi connectivity index (χ0v) is 17.1. The van der Waals surface area contributed by atoms with Gasteiger partial charge in [-0.05, 0) is 23.8 Å². The van der Waals surface area contributed by atoms with Crippen molar-refractivity contribution in [2.45, 2.75) is 0 Å². The third-order valence-corrected chi connectivity index (χ3v) is 5.37. The van der Waals surface area contributed by atoms with Crippen LogP contribution in [0.3, 0.4) is 0 Å². The number of nitrogens with one attached hydrogen (secondary N) is 1. The number of hydrogen-bond donors (Lipinski definition) is 1. The standard InChI is InChI=1S/C24H17N3O3S/c28-23(14-9-17-5-4-8-21(15-17)27(29)30)25-20-12-10-18(11-13-20)22-16-31-24(26-22)19-6-2-1-3-7-19/h1-16H,(H,25,28)/b14-9+. The molecular formula is C24H17N3O3S. The van der Waals surface area contributed by atoms with Crippen LogP contribution < -0.4 is 5.32 Å². The topological polar surface area (TPSA) is 85.1 Å². The summed E-state index contributed by atoms with van der Waals surface area (Å²) in [6, 6.07) is 23.6. The summed E-state index contributed by atoms with van der Waals surface area (Å²) in [6.45, 7) is 0. The Morgan fingerprint density at radius 3 is 2.48 bits per heavy atom. The highest BCUT2D eigenvalue weighted by Gasteiger charge is 2.07. The third-order valence-electron chi connectivity index (χ3n) is 4.48. The molecule has 0 atom stereocenters. The van der Waals surface area contributed by atoms with E-state index in [0.29, 0.717) is 11.3 Å². The van der Waals surface area contributed by atoms with E-state index in [1.165, 1.54) is 24.3 Å². The number of non-ortho nitro benzene ring substituents is 1. The number of nitrogens with zero attached hydrogens (tertiary/aromatic N) is 2. The lowest BCUT2D eigenvalue weighted by molar-refractivity contribution is -0.384. The van der Waals surface area contributed by atoms with Crippen LogP contribution in [0.1, 0.15) is 5.56 Å². The Balaban J connectivity index is 1.41. The van der Waals surface area contributed by atoms with Crippen LogP contribution in [-0.2, 0) is 4.79 Å². The van der Waals surface area contributed by atoms with Crippen LogP contribution in [0.4, 0.5) is 11.4 Å². The Labute approximate surface area is 182 Å². The van der Waals surface area contributed by atoms with Gasteiger partial charge in [-0.3, -0.25) is 14.9 Å². The van der Waals surface area contributed by atoms with Crippen molar-refractivity contribution in [3.63, 3.8) is 0 Å².